The van der Waals surface area contributed by atoms with Gasteiger partial charge in [-0.15, -0.1) is 0 Å². The SMILES string of the molecule is COc1ccc(-c2ccncc2)c(CN)c1F. The first-order valence-corrected chi connectivity index (χ1v) is 5.23. The predicted molar refractivity (Wildman–Crippen MR) is 64.1 cm³/mol. The maximum atomic E-state index is 14.0. The van der Waals surface area contributed by atoms with E-state index in [1.54, 1.807) is 24.5 Å². The van der Waals surface area contributed by atoms with E-state index in [2.05, 4.69) is 4.98 Å². The Morgan fingerprint density at radius 1 is 1.24 bits per heavy atom. The summed E-state index contributed by atoms with van der Waals surface area (Å²) in [5.41, 5.74) is 7.72. The number of ether oxygens (including phenoxy) is 1. The van der Waals surface area contributed by atoms with E-state index in [0.717, 1.165) is 11.1 Å². The Morgan fingerprint density at radius 3 is 2.53 bits per heavy atom. The highest BCUT2D eigenvalue weighted by Gasteiger charge is 2.13. The molecule has 0 aliphatic rings. The molecule has 0 spiro atoms. The Bertz CT molecular complexity index is 514. The van der Waals surface area contributed by atoms with Crippen LogP contribution in [0.4, 0.5) is 4.39 Å². The van der Waals surface area contributed by atoms with Crippen LogP contribution in [0.2, 0.25) is 0 Å². The summed E-state index contributed by atoms with van der Waals surface area (Å²) in [4.78, 5) is 3.93. The van der Waals surface area contributed by atoms with Crippen LogP contribution in [0, 0.1) is 5.82 Å². The maximum Gasteiger partial charge on any atom is 0.170 e. The third-order valence-electron chi connectivity index (χ3n) is 2.62. The number of hydrogen-bond donors (Lipinski definition) is 1. The second-order valence-corrected chi connectivity index (χ2v) is 3.55. The molecule has 0 aliphatic carbocycles. The van der Waals surface area contributed by atoms with Gasteiger partial charge in [-0.25, -0.2) is 4.39 Å². The topological polar surface area (TPSA) is 48.1 Å². The monoisotopic (exact) mass is 232 g/mol. The van der Waals surface area contributed by atoms with Crippen molar-refractivity contribution in [2.75, 3.05) is 7.11 Å². The standard InChI is InChI=1S/C13H13FN2O/c1-17-12-3-2-10(11(8-15)13(12)14)9-4-6-16-7-5-9/h2-7H,8,15H2,1H3. The van der Waals surface area contributed by atoms with Gasteiger partial charge in [0.25, 0.3) is 0 Å². The van der Waals surface area contributed by atoms with Crippen molar-refractivity contribution in [1.82, 2.24) is 4.98 Å². The largest absolute Gasteiger partial charge is 0.494 e. The minimum absolute atomic E-state index is 0.126. The molecule has 4 heteroatoms. The van der Waals surface area contributed by atoms with Gasteiger partial charge < -0.3 is 10.5 Å². The average molecular weight is 232 g/mol. The van der Waals surface area contributed by atoms with Crippen LogP contribution in [0.5, 0.6) is 5.75 Å². The number of rotatable bonds is 3. The zero-order valence-electron chi connectivity index (χ0n) is 9.48. The molecule has 0 fully saturated rings. The highest BCUT2D eigenvalue weighted by atomic mass is 19.1. The summed E-state index contributed by atoms with van der Waals surface area (Å²) in [5, 5.41) is 0. The fourth-order valence-corrected chi connectivity index (χ4v) is 1.76. The van der Waals surface area contributed by atoms with E-state index < -0.39 is 5.82 Å². The van der Waals surface area contributed by atoms with Gasteiger partial charge in [-0.3, -0.25) is 4.98 Å². The first kappa shape index (κ1) is 11.5. The average Bonchev–Trinajstić information content (AvgIpc) is 2.39. The van der Waals surface area contributed by atoms with Gasteiger partial charge in [0.2, 0.25) is 0 Å². The molecular weight excluding hydrogens is 219 g/mol. The summed E-state index contributed by atoms with van der Waals surface area (Å²) in [6.45, 7) is 0.126. The first-order valence-electron chi connectivity index (χ1n) is 5.23. The molecule has 0 saturated heterocycles. The van der Waals surface area contributed by atoms with E-state index in [1.807, 2.05) is 12.1 Å². The Labute approximate surface area is 99.1 Å². The van der Waals surface area contributed by atoms with Crippen LogP contribution in [-0.2, 0) is 6.54 Å². The van der Waals surface area contributed by atoms with E-state index in [9.17, 15) is 4.39 Å². The number of halogens is 1. The molecule has 1 heterocycles. The van der Waals surface area contributed by atoms with E-state index in [-0.39, 0.29) is 12.3 Å². The van der Waals surface area contributed by atoms with Gasteiger partial charge in [-0.1, -0.05) is 6.07 Å². The van der Waals surface area contributed by atoms with Crippen LogP contribution in [0.25, 0.3) is 11.1 Å². The highest BCUT2D eigenvalue weighted by Crippen LogP contribution is 2.30. The van der Waals surface area contributed by atoms with Crippen molar-refractivity contribution in [2.45, 2.75) is 6.54 Å². The molecule has 2 rings (SSSR count). The van der Waals surface area contributed by atoms with E-state index in [1.165, 1.54) is 7.11 Å². The van der Waals surface area contributed by atoms with E-state index in [4.69, 9.17) is 10.5 Å². The molecule has 1 aromatic carbocycles. The zero-order chi connectivity index (χ0) is 12.3. The van der Waals surface area contributed by atoms with Crippen molar-refractivity contribution < 1.29 is 9.13 Å². The molecular formula is C13H13FN2O. The van der Waals surface area contributed by atoms with Crippen molar-refractivity contribution >= 4 is 0 Å². The van der Waals surface area contributed by atoms with Crippen LogP contribution in [0.15, 0.2) is 36.7 Å². The number of aromatic nitrogens is 1. The number of pyridine rings is 1. The van der Waals surface area contributed by atoms with Gasteiger partial charge >= 0.3 is 0 Å². The molecule has 17 heavy (non-hydrogen) atoms. The third-order valence-corrected chi connectivity index (χ3v) is 2.62. The normalized spacial score (nSPS) is 10.3. The minimum atomic E-state index is -0.399. The lowest BCUT2D eigenvalue weighted by molar-refractivity contribution is 0.384. The summed E-state index contributed by atoms with van der Waals surface area (Å²) in [6, 6.07) is 7.05. The van der Waals surface area contributed by atoms with E-state index >= 15 is 0 Å². The minimum Gasteiger partial charge on any atom is -0.494 e. The van der Waals surface area contributed by atoms with Gasteiger partial charge in [-0.2, -0.15) is 0 Å². The molecule has 3 nitrogen and oxygen atoms in total. The molecule has 0 radical (unpaired) electrons. The van der Waals surface area contributed by atoms with Crippen LogP contribution in [0.1, 0.15) is 5.56 Å². The van der Waals surface area contributed by atoms with Crippen molar-refractivity contribution in [3.8, 4) is 16.9 Å². The fourth-order valence-electron chi connectivity index (χ4n) is 1.76. The molecule has 2 N–H and O–H groups in total. The molecule has 0 unspecified atom stereocenters. The quantitative estimate of drug-likeness (QED) is 0.883. The van der Waals surface area contributed by atoms with Gasteiger partial charge in [0.1, 0.15) is 0 Å². The summed E-state index contributed by atoms with van der Waals surface area (Å²) in [5.74, 6) is -0.187. The van der Waals surface area contributed by atoms with Crippen LogP contribution < -0.4 is 10.5 Å². The molecule has 88 valence electrons. The zero-order valence-corrected chi connectivity index (χ0v) is 9.48. The Hall–Kier alpha value is -1.94. The van der Waals surface area contributed by atoms with Crippen LogP contribution >= 0.6 is 0 Å². The lowest BCUT2D eigenvalue weighted by atomic mass is 10.00. The van der Waals surface area contributed by atoms with Crippen molar-refractivity contribution in [1.29, 1.82) is 0 Å². The lowest BCUT2D eigenvalue weighted by Crippen LogP contribution is -2.04. The van der Waals surface area contributed by atoms with E-state index in [0.29, 0.717) is 5.56 Å². The summed E-state index contributed by atoms with van der Waals surface area (Å²) < 4.78 is 18.9. The Balaban J connectivity index is 2.59. The predicted octanol–water partition coefficient (Wildman–Crippen LogP) is 2.35. The summed E-state index contributed by atoms with van der Waals surface area (Å²) >= 11 is 0. The fraction of sp³-hybridized carbons (Fsp3) is 0.154. The molecule has 0 amide bonds. The number of methoxy groups -OCH3 is 1. The molecule has 1 aromatic heterocycles. The smallest absolute Gasteiger partial charge is 0.170 e. The van der Waals surface area contributed by atoms with Gasteiger partial charge in [-0.05, 0) is 29.3 Å². The van der Waals surface area contributed by atoms with Crippen molar-refractivity contribution in [2.24, 2.45) is 5.73 Å². The molecule has 0 saturated carbocycles. The molecule has 0 aliphatic heterocycles. The van der Waals surface area contributed by atoms with Gasteiger partial charge in [0, 0.05) is 24.5 Å². The third kappa shape index (κ3) is 2.12. The highest BCUT2D eigenvalue weighted by molar-refractivity contribution is 5.68. The number of benzene rings is 1. The van der Waals surface area contributed by atoms with Crippen molar-refractivity contribution in [3.05, 3.63) is 48.0 Å². The lowest BCUT2D eigenvalue weighted by Gasteiger charge is -2.11. The summed E-state index contributed by atoms with van der Waals surface area (Å²) in [6.07, 6.45) is 3.33. The number of hydrogen-bond acceptors (Lipinski definition) is 3. The molecule has 0 atom stereocenters. The van der Waals surface area contributed by atoms with Gasteiger partial charge in [0.05, 0.1) is 7.11 Å². The maximum absolute atomic E-state index is 14.0. The number of nitrogens with zero attached hydrogens (tertiary/aromatic N) is 1. The van der Waals surface area contributed by atoms with Crippen molar-refractivity contribution in [3.63, 3.8) is 0 Å². The van der Waals surface area contributed by atoms with Gasteiger partial charge in [0.15, 0.2) is 11.6 Å². The molecule has 0 bridgehead atoms. The van der Waals surface area contributed by atoms with Crippen LogP contribution in [-0.4, -0.2) is 12.1 Å². The Kier molecular flexibility index (Phi) is 3.35. The van der Waals surface area contributed by atoms with Crippen LogP contribution in [0.3, 0.4) is 0 Å². The number of nitrogens with two attached hydrogens (primary N) is 1. The molecule has 2 aromatic rings. The first-order chi connectivity index (χ1) is 8.27. The Morgan fingerprint density at radius 2 is 1.94 bits per heavy atom. The second-order valence-electron chi connectivity index (χ2n) is 3.55. The summed E-state index contributed by atoms with van der Waals surface area (Å²) in [7, 11) is 1.44. The second kappa shape index (κ2) is 4.93.